The number of rotatable bonds is 5. The van der Waals surface area contributed by atoms with Crippen LogP contribution < -0.4 is 0 Å². The molecule has 0 N–H and O–H groups in total. The lowest BCUT2D eigenvalue weighted by Gasteiger charge is -2.21. The second-order valence-corrected chi connectivity index (χ2v) is 5.07. The summed E-state index contributed by atoms with van der Waals surface area (Å²) >= 11 is 0. The summed E-state index contributed by atoms with van der Waals surface area (Å²) < 4.78 is 5.42. The van der Waals surface area contributed by atoms with Crippen LogP contribution >= 0.6 is 0 Å². The molecule has 1 rings (SSSR count). The van der Waals surface area contributed by atoms with Crippen molar-refractivity contribution in [3.05, 3.63) is 12.2 Å². The normalized spacial score (nSPS) is 21.6. The van der Waals surface area contributed by atoms with Gasteiger partial charge in [-0.2, -0.15) is 0 Å². The van der Waals surface area contributed by atoms with Crippen LogP contribution in [0.1, 0.15) is 46.5 Å². The zero-order valence-corrected chi connectivity index (χ0v) is 10.9. The molecule has 0 saturated carbocycles. The fourth-order valence-electron chi connectivity index (χ4n) is 2.02. The first-order valence-corrected chi connectivity index (χ1v) is 6.44. The van der Waals surface area contributed by atoms with Gasteiger partial charge in [0.15, 0.2) is 5.78 Å². The standard InChI is InChI=1S/C14H22O3/c1-4-11(9-10(2)3)14(16)17-13-7-5-12(15)6-8-13/h5,7,10-11,13H,4,6,8-9H2,1-3H3. The fraction of sp³-hybridized carbons (Fsp3) is 0.714. The molecule has 17 heavy (non-hydrogen) atoms. The number of carbonyl (C=O) groups excluding carboxylic acids is 2. The Hall–Kier alpha value is -1.12. The van der Waals surface area contributed by atoms with E-state index in [2.05, 4.69) is 13.8 Å². The highest BCUT2D eigenvalue weighted by atomic mass is 16.5. The molecule has 3 heteroatoms. The van der Waals surface area contributed by atoms with Crippen molar-refractivity contribution >= 4 is 11.8 Å². The summed E-state index contributed by atoms with van der Waals surface area (Å²) in [7, 11) is 0. The van der Waals surface area contributed by atoms with E-state index < -0.39 is 0 Å². The smallest absolute Gasteiger partial charge is 0.309 e. The summed E-state index contributed by atoms with van der Waals surface area (Å²) in [4.78, 5) is 22.9. The molecule has 0 amide bonds. The molecule has 0 fully saturated rings. The minimum Gasteiger partial charge on any atom is -0.458 e. The van der Waals surface area contributed by atoms with Crippen molar-refractivity contribution in [2.75, 3.05) is 0 Å². The highest BCUT2D eigenvalue weighted by Crippen LogP contribution is 2.20. The Labute approximate surface area is 103 Å². The van der Waals surface area contributed by atoms with E-state index in [1.54, 1.807) is 6.08 Å². The zero-order chi connectivity index (χ0) is 12.8. The second-order valence-electron chi connectivity index (χ2n) is 5.07. The lowest BCUT2D eigenvalue weighted by molar-refractivity contribution is -0.153. The van der Waals surface area contributed by atoms with E-state index in [0.717, 1.165) is 12.8 Å². The number of esters is 1. The van der Waals surface area contributed by atoms with Gasteiger partial charge in [0.2, 0.25) is 0 Å². The summed E-state index contributed by atoms with van der Waals surface area (Å²) in [5.41, 5.74) is 0. The van der Waals surface area contributed by atoms with Gasteiger partial charge in [0.05, 0.1) is 5.92 Å². The third-order valence-corrected chi connectivity index (χ3v) is 3.02. The molecule has 0 aromatic heterocycles. The summed E-state index contributed by atoms with van der Waals surface area (Å²) in [6.07, 6.45) is 5.80. The molecule has 2 atom stereocenters. The average molecular weight is 238 g/mol. The quantitative estimate of drug-likeness (QED) is 0.692. The van der Waals surface area contributed by atoms with Crippen molar-refractivity contribution in [1.82, 2.24) is 0 Å². The molecule has 0 spiro atoms. The number of hydrogen-bond acceptors (Lipinski definition) is 3. The van der Waals surface area contributed by atoms with E-state index in [-0.39, 0.29) is 23.8 Å². The monoisotopic (exact) mass is 238 g/mol. The van der Waals surface area contributed by atoms with Crippen LogP contribution in [0.25, 0.3) is 0 Å². The second kappa shape index (κ2) is 6.58. The number of carbonyl (C=O) groups is 2. The van der Waals surface area contributed by atoms with Crippen LogP contribution in [0.3, 0.4) is 0 Å². The SMILES string of the molecule is CCC(CC(C)C)C(=O)OC1C=CC(=O)CC1. The molecule has 0 aromatic carbocycles. The van der Waals surface area contributed by atoms with Gasteiger partial charge in [-0.1, -0.05) is 20.8 Å². The molecular weight excluding hydrogens is 216 g/mol. The minimum absolute atomic E-state index is 0.0129. The lowest BCUT2D eigenvalue weighted by Crippen LogP contribution is -2.26. The maximum Gasteiger partial charge on any atom is 0.309 e. The van der Waals surface area contributed by atoms with Crippen LogP contribution in [0.4, 0.5) is 0 Å². The van der Waals surface area contributed by atoms with E-state index in [9.17, 15) is 9.59 Å². The zero-order valence-electron chi connectivity index (χ0n) is 10.9. The first kappa shape index (κ1) is 13.9. The van der Waals surface area contributed by atoms with Gasteiger partial charge >= 0.3 is 5.97 Å². The molecule has 1 aliphatic rings. The molecule has 0 aromatic rings. The van der Waals surface area contributed by atoms with Gasteiger partial charge in [-0.25, -0.2) is 0 Å². The first-order chi connectivity index (χ1) is 8.02. The number of ether oxygens (including phenoxy) is 1. The fourth-order valence-corrected chi connectivity index (χ4v) is 2.02. The summed E-state index contributed by atoms with van der Waals surface area (Å²) in [6.45, 7) is 6.22. The maximum absolute atomic E-state index is 11.9. The third kappa shape index (κ3) is 4.72. The van der Waals surface area contributed by atoms with Gasteiger partial charge in [0, 0.05) is 6.42 Å². The molecule has 3 nitrogen and oxygen atoms in total. The molecule has 2 unspecified atom stereocenters. The van der Waals surface area contributed by atoms with Crippen molar-refractivity contribution in [3.8, 4) is 0 Å². The van der Waals surface area contributed by atoms with Gasteiger partial charge in [0.25, 0.3) is 0 Å². The van der Waals surface area contributed by atoms with Crippen molar-refractivity contribution in [3.63, 3.8) is 0 Å². The van der Waals surface area contributed by atoms with Crippen LogP contribution in [-0.4, -0.2) is 17.9 Å². The highest BCUT2D eigenvalue weighted by Gasteiger charge is 2.23. The van der Waals surface area contributed by atoms with E-state index in [1.807, 2.05) is 6.92 Å². The largest absolute Gasteiger partial charge is 0.458 e. The third-order valence-electron chi connectivity index (χ3n) is 3.02. The van der Waals surface area contributed by atoms with E-state index in [1.165, 1.54) is 6.08 Å². The molecule has 0 heterocycles. The summed E-state index contributed by atoms with van der Waals surface area (Å²) in [5.74, 6) is 0.480. The Morgan fingerprint density at radius 2 is 2.24 bits per heavy atom. The van der Waals surface area contributed by atoms with Crippen molar-refractivity contribution in [1.29, 1.82) is 0 Å². The molecule has 0 saturated heterocycles. The molecule has 0 bridgehead atoms. The molecule has 0 radical (unpaired) electrons. The van der Waals surface area contributed by atoms with E-state index in [0.29, 0.717) is 18.8 Å². The predicted octanol–water partition coefficient (Wildman–Crippen LogP) is 2.89. The van der Waals surface area contributed by atoms with Gasteiger partial charge in [-0.3, -0.25) is 9.59 Å². The number of ketones is 1. The van der Waals surface area contributed by atoms with Crippen LogP contribution in [0.2, 0.25) is 0 Å². The van der Waals surface area contributed by atoms with Crippen LogP contribution in [0, 0.1) is 11.8 Å². The van der Waals surface area contributed by atoms with Gasteiger partial charge in [-0.05, 0) is 37.3 Å². The van der Waals surface area contributed by atoms with Gasteiger partial charge in [0.1, 0.15) is 6.10 Å². The molecular formula is C14H22O3. The molecule has 1 aliphatic carbocycles. The Kier molecular flexibility index (Phi) is 5.39. The lowest BCUT2D eigenvalue weighted by atomic mass is 9.95. The Morgan fingerprint density at radius 1 is 1.53 bits per heavy atom. The Morgan fingerprint density at radius 3 is 2.71 bits per heavy atom. The topological polar surface area (TPSA) is 43.4 Å². The van der Waals surface area contributed by atoms with Crippen molar-refractivity contribution < 1.29 is 14.3 Å². The van der Waals surface area contributed by atoms with Gasteiger partial charge in [-0.15, -0.1) is 0 Å². The number of allylic oxidation sites excluding steroid dienone is 1. The predicted molar refractivity (Wildman–Crippen MR) is 66.5 cm³/mol. The number of hydrogen-bond donors (Lipinski definition) is 0. The minimum atomic E-state index is -0.207. The average Bonchev–Trinajstić information content (AvgIpc) is 2.28. The first-order valence-electron chi connectivity index (χ1n) is 6.44. The Bertz CT molecular complexity index is 305. The summed E-state index contributed by atoms with van der Waals surface area (Å²) in [5, 5.41) is 0. The van der Waals surface area contributed by atoms with Crippen LogP contribution in [0.5, 0.6) is 0 Å². The molecule has 0 aliphatic heterocycles. The van der Waals surface area contributed by atoms with Crippen LogP contribution in [-0.2, 0) is 14.3 Å². The highest BCUT2D eigenvalue weighted by molar-refractivity contribution is 5.90. The summed E-state index contributed by atoms with van der Waals surface area (Å²) in [6, 6.07) is 0. The van der Waals surface area contributed by atoms with E-state index in [4.69, 9.17) is 4.74 Å². The van der Waals surface area contributed by atoms with Crippen molar-refractivity contribution in [2.24, 2.45) is 11.8 Å². The maximum atomic E-state index is 11.9. The Balaban J connectivity index is 2.47. The van der Waals surface area contributed by atoms with Gasteiger partial charge < -0.3 is 4.74 Å². The van der Waals surface area contributed by atoms with Crippen molar-refractivity contribution in [2.45, 2.75) is 52.6 Å². The van der Waals surface area contributed by atoms with E-state index >= 15 is 0 Å². The molecule has 96 valence electrons. The van der Waals surface area contributed by atoms with Crippen LogP contribution in [0.15, 0.2) is 12.2 Å².